The summed E-state index contributed by atoms with van der Waals surface area (Å²) < 4.78 is 12.7. The van der Waals surface area contributed by atoms with Crippen LogP contribution in [0.3, 0.4) is 0 Å². The average molecular weight is 524 g/mol. The normalized spacial score (nSPS) is 20.4. The molecule has 0 unspecified atom stereocenters. The van der Waals surface area contributed by atoms with Gasteiger partial charge < -0.3 is 9.15 Å². The van der Waals surface area contributed by atoms with Gasteiger partial charge in [-0.3, -0.25) is 19.6 Å². The van der Waals surface area contributed by atoms with Crippen molar-refractivity contribution in [3.05, 3.63) is 94.5 Å². The molecule has 0 spiro atoms. The first-order valence-corrected chi connectivity index (χ1v) is 13.2. The first-order chi connectivity index (χ1) is 19.1. The number of anilines is 1. The average Bonchev–Trinajstić information content (AvgIpc) is 3.28. The van der Waals surface area contributed by atoms with Gasteiger partial charge in [-0.05, 0) is 67.2 Å². The first-order valence-electron chi connectivity index (χ1n) is 13.2. The number of carbonyl (C=O) groups is 2. The van der Waals surface area contributed by atoms with Crippen LogP contribution in [-0.2, 0) is 11.3 Å². The largest absolute Gasteiger partial charge is 0.444 e. The molecular weight excluding hydrogens is 494 g/mol. The Morgan fingerprint density at radius 1 is 1.03 bits per heavy atom. The van der Waals surface area contributed by atoms with Gasteiger partial charge >= 0.3 is 11.8 Å². The van der Waals surface area contributed by atoms with Crippen molar-refractivity contribution >= 4 is 35.2 Å². The molecule has 1 amide bonds. The lowest BCUT2D eigenvalue weighted by Crippen LogP contribution is -2.52. The molecule has 1 N–H and O–H groups in total. The molecule has 1 aromatic heterocycles. The van der Waals surface area contributed by atoms with E-state index in [4.69, 9.17) is 9.15 Å². The van der Waals surface area contributed by atoms with Gasteiger partial charge in [0.2, 0.25) is 0 Å². The van der Waals surface area contributed by atoms with Crippen molar-refractivity contribution in [2.45, 2.75) is 25.5 Å². The Bertz CT molecular complexity index is 1600. The number of nitrogens with zero attached hydrogens (tertiary/aromatic N) is 2. The summed E-state index contributed by atoms with van der Waals surface area (Å²) in [5.41, 5.74) is 4.83. The van der Waals surface area contributed by atoms with E-state index < -0.39 is 11.8 Å². The Labute approximate surface area is 225 Å². The number of fused-ring (bicyclic) bond motifs is 4. The van der Waals surface area contributed by atoms with E-state index in [-0.39, 0.29) is 12.6 Å². The number of hydrogen-bond acceptors (Lipinski definition) is 6. The number of carbonyl (C=O) groups excluding carboxylic acids is 2. The maximum absolute atomic E-state index is 13.0. The highest BCUT2D eigenvalue weighted by Crippen LogP contribution is 2.32. The van der Waals surface area contributed by atoms with Gasteiger partial charge in [0.15, 0.2) is 5.58 Å². The Kier molecular flexibility index (Phi) is 6.85. The minimum Gasteiger partial charge on any atom is -0.444 e. The monoisotopic (exact) mass is 523 g/mol. The van der Waals surface area contributed by atoms with Gasteiger partial charge in [-0.2, -0.15) is 0 Å². The van der Waals surface area contributed by atoms with E-state index in [2.05, 4.69) is 10.2 Å². The zero-order valence-electron chi connectivity index (χ0n) is 21.4. The fourth-order valence-electron chi connectivity index (χ4n) is 5.58. The fourth-order valence-corrected chi connectivity index (χ4v) is 5.58. The SMILES string of the molecule is O=Cc1ccc2oc(=O)n(C/C=C/c3ccc(-c4ccccc4)c(NC(=O)O[C@H]4CN5CCC4CC5)c3)c2c1. The van der Waals surface area contributed by atoms with Crippen molar-refractivity contribution in [1.29, 1.82) is 0 Å². The fraction of sp³-hybridized carbons (Fsp3) is 0.258. The molecule has 39 heavy (non-hydrogen) atoms. The summed E-state index contributed by atoms with van der Waals surface area (Å²) >= 11 is 0. The Morgan fingerprint density at radius 2 is 1.82 bits per heavy atom. The summed E-state index contributed by atoms with van der Waals surface area (Å²) in [5.74, 6) is -0.0661. The molecule has 4 heterocycles. The Balaban J connectivity index is 1.23. The second-order valence-electron chi connectivity index (χ2n) is 10.1. The molecule has 1 atom stereocenters. The molecule has 0 aliphatic carbocycles. The number of aldehydes is 1. The van der Waals surface area contributed by atoms with Gasteiger partial charge in [0.1, 0.15) is 12.4 Å². The van der Waals surface area contributed by atoms with Crippen LogP contribution < -0.4 is 11.1 Å². The highest BCUT2D eigenvalue weighted by Gasteiger charge is 2.36. The highest BCUT2D eigenvalue weighted by molar-refractivity contribution is 5.92. The highest BCUT2D eigenvalue weighted by atomic mass is 16.6. The molecule has 198 valence electrons. The van der Waals surface area contributed by atoms with Gasteiger partial charge in [-0.25, -0.2) is 9.59 Å². The van der Waals surface area contributed by atoms with Crippen LogP contribution in [0.25, 0.3) is 28.3 Å². The summed E-state index contributed by atoms with van der Waals surface area (Å²) in [6.07, 6.45) is 6.07. The van der Waals surface area contributed by atoms with Gasteiger partial charge in [0.25, 0.3) is 0 Å². The summed E-state index contributed by atoms with van der Waals surface area (Å²) in [7, 11) is 0. The molecule has 3 aromatic carbocycles. The summed E-state index contributed by atoms with van der Waals surface area (Å²) in [5, 5.41) is 2.99. The molecular formula is C31H29N3O5. The number of ether oxygens (including phenoxy) is 1. The van der Waals surface area contributed by atoms with E-state index in [1.165, 1.54) is 4.57 Å². The van der Waals surface area contributed by atoms with Crippen molar-refractivity contribution in [2.24, 2.45) is 5.92 Å². The molecule has 8 heteroatoms. The predicted octanol–water partition coefficient (Wildman–Crippen LogP) is 5.43. The van der Waals surface area contributed by atoms with Crippen LogP contribution in [0.5, 0.6) is 0 Å². The molecule has 0 radical (unpaired) electrons. The second kappa shape index (κ2) is 10.7. The van der Waals surface area contributed by atoms with Crippen LogP contribution in [0.2, 0.25) is 0 Å². The van der Waals surface area contributed by atoms with E-state index in [9.17, 15) is 14.4 Å². The quantitative estimate of drug-likeness (QED) is 0.325. The van der Waals surface area contributed by atoms with Gasteiger partial charge in [0, 0.05) is 24.2 Å². The third-order valence-electron chi connectivity index (χ3n) is 7.65. The lowest BCUT2D eigenvalue weighted by molar-refractivity contribution is -0.0289. The van der Waals surface area contributed by atoms with E-state index in [0.717, 1.165) is 55.5 Å². The number of benzene rings is 3. The van der Waals surface area contributed by atoms with Crippen molar-refractivity contribution in [2.75, 3.05) is 25.0 Å². The van der Waals surface area contributed by atoms with Crippen molar-refractivity contribution in [3.63, 3.8) is 0 Å². The van der Waals surface area contributed by atoms with Crippen LogP contribution in [0.15, 0.2) is 82.0 Å². The van der Waals surface area contributed by atoms with Crippen LogP contribution >= 0.6 is 0 Å². The molecule has 4 aromatic rings. The number of hydrogen-bond donors (Lipinski definition) is 1. The first kappa shape index (κ1) is 24.9. The van der Waals surface area contributed by atoms with Crippen LogP contribution in [0, 0.1) is 5.92 Å². The maximum atomic E-state index is 13.0. The minimum atomic E-state index is -0.491. The van der Waals surface area contributed by atoms with E-state index in [1.54, 1.807) is 18.2 Å². The number of oxazole rings is 1. The molecule has 0 saturated carbocycles. The number of allylic oxidation sites excluding steroid dienone is 1. The lowest BCUT2D eigenvalue weighted by atomic mass is 9.86. The molecule has 7 rings (SSSR count). The van der Waals surface area contributed by atoms with E-state index in [0.29, 0.717) is 28.3 Å². The molecule has 3 aliphatic heterocycles. The third-order valence-corrected chi connectivity index (χ3v) is 7.65. The molecule has 3 aliphatic rings. The number of nitrogens with one attached hydrogen (secondary N) is 1. The lowest BCUT2D eigenvalue weighted by Gasteiger charge is -2.43. The number of rotatable bonds is 7. The minimum absolute atomic E-state index is 0.0846. The standard InChI is InChI=1S/C31H29N3O5/c35-20-22-9-11-28-27(18-22)34(31(37)39-28)14-4-5-21-8-10-25(23-6-2-1-3-7-23)26(17-21)32-30(36)38-29-19-33-15-12-24(29)13-16-33/h1-11,17-18,20,24,29H,12-16,19H2,(H,32,36)/b5-4+/t29-/m0/s1. The van der Waals surface area contributed by atoms with Crippen molar-refractivity contribution in [3.8, 4) is 11.1 Å². The molecule has 3 fully saturated rings. The number of amides is 1. The molecule has 8 nitrogen and oxygen atoms in total. The van der Waals surface area contributed by atoms with Crippen LogP contribution in [0.4, 0.5) is 10.5 Å². The zero-order valence-corrected chi connectivity index (χ0v) is 21.4. The Morgan fingerprint density at radius 3 is 2.56 bits per heavy atom. The number of aromatic nitrogens is 1. The van der Waals surface area contributed by atoms with Crippen molar-refractivity contribution in [1.82, 2.24) is 9.47 Å². The second-order valence-corrected chi connectivity index (χ2v) is 10.1. The van der Waals surface area contributed by atoms with E-state index >= 15 is 0 Å². The Hall–Kier alpha value is -4.43. The number of piperidine rings is 3. The van der Waals surface area contributed by atoms with Gasteiger partial charge in [-0.15, -0.1) is 0 Å². The van der Waals surface area contributed by atoms with Gasteiger partial charge in [0.05, 0.1) is 11.2 Å². The predicted molar refractivity (Wildman–Crippen MR) is 150 cm³/mol. The zero-order chi connectivity index (χ0) is 26.8. The topological polar surface area (TPSA) is 93.8 Å². The van der Waals surface area contributed by atoms with Crippen LogP contribution in [-0.4, -0.2) is 47.6 Å². The van der Waals surface area contributed by atoms with Gasteiger partial charge in [-0.1, -0.05) is 54.6 Å². The van der Waals surface area contributed by atoms with Crippen LogP contribution in [0.1, 0.15) is 28.8 Å². The maximum Gasteiger partial charge on any atom is 0.420 e. The third kappa shape index (κ3) is 5.28. The smallest absolute Gasteiger partial charge is 0.420 e. The van der Waals surface area contributed by atoms with Crippen molar-refractivity contribution < 1.29 is 18.7 Å². The summed E-state index contributed by atoms with van der Waals surface area (Å²) in [6, 6.07) is 20.6. The molecule has 3 saturated heterocycles. The van der Waals surface area contributed by atoms with E-state index in [1.807, 2.05) is 60.7 Å². The molecule has 2 bridgehead atoms. The summed E-state index contributed by atoms with van der Waals surface area (Å²) in [4.78, 5) is 38.9. The summed E-state index contributed by atoms with van der Waals surface area (Å²) in [6.45, 7) is 3.22.